The fraction of sp³-hybridized carbons (Fsp3) is 0.143. The van der Waals surface area contributed by atoms with Gasteiger partial charge in [0, 0.05) is 17.4 Å². The summed E-state index contributed by atoms with van der Waals surface area (Å²) in [5, 5.41) is 0.562. The van der Waals surface area contributed by atoms with Crippen molar-refractivity contribution in [1.82, 2.24) is 0 Å². The van der Waals surface area contributed by atoms with Crippen molar-refractivity contribution in [3.05, 3.63) is 60.4 Å². The summed E-state index contributed by atoms with van der Waals surface area (Å²) in [6.07, 6.45) is 8.03. The summed E-state index contributed by atoms with van der Waals surface area (Å²) in [5.41, 5.74) is 0.584. The van der Waals surface area contributed by atoms with Crippen LogP contribution in [0.4, 0.5) is 0 Å². The van der Waals surface area contributed by atoms with Crippen molar-refractivity contribution in [3.63, 3.8) is 0 Å². The Balaban J connectivity index is 1.87. The van der Waals surface area contributed by atoms with E-state index in [-0.39, 0.29) is 11.9 Å². The third kappa shape index (κ3) is 2.06. The second-order valence-electron chi connectivity index (χ2n) is 4.09. The van der Waals surface area contributed by atoms with E-state index in [1.54, 1.807) is 18.2 Å². The number of carbonyl (C=O) groups excluding carboxylic acids is 1. The minimum absolute atomic E-state index is 0.0833. The van der Waals surface area contributed by atoms with Gasteiger partial charge in [-0.2, -0.15) is 0 Å². The van der Waals surface area contributed by atoms with Crippen LogP contribution < -0.4 is 4.74 Å². The van der Waals surface area contributed by atoms with E-state index >= 15 is 0 Å². The van der Waals surface area contributed by atoms with E-state index in [4.69, 9.17) is 16.3 Å². The number of fused-ring (bicyclic) bond motifs is 1. The molecule has 0 N–H and O–H groups in total. The number of Topliss-reactive ketones (excluding diaryl/α,β-unsaturated/α-hetero) is 1. The number of hydrogen-bond donors (Lipinski definition) is 0. The number of benzene rings is 1. The number of ketones is 1. The van der Waals surface area contributed by atoms with Gasteiger partial charge in [0.25, 0.3) is 0 Å². The standard InChI is InChI=1S/C14H10ClO2/c15-10-5-6-13-11(7-10)12(16)8-14(17-13)9-3-1-2-4-9/h1-7,14H,8H2. The summed E-state index contributed by atoms with van der Waals surface area (Å²) in [7, 11) is 0. The number of halogens is 1. The highest BCUT2D eigenvalue weighted by molar-refractivity contribution is 6.31. The Labute approximate surface area is 106 Å². The Kier molecular flexibility index (Phi) is 2.83. The van der Waals surface area contributed by atoms with Gasteiger partial charge in [-0.1, -0.05) is 11.6 Å². The zero-order chi connectivity index (χ0) is 11.8. The van der Waals surface area contributed by atoms with Crippen LogP contribution in [-0.2, 0) is 0 Å². The first-order valence-electron chi connectivity index (χ1n) is 5.45. The van der Waals surface area contributed by atoms with Crippen LogP contribution in [0.2, 0.25) is 5.02 Å². The third-order valence-electron chi connectivity index (χ3n) is 2.94. The number of hydrogen-bond acceptors (Lipinski definition) is 2. The minimum atomic E-state index is -0.175. The van der Waals surface area contributed by atoms with E-state index in [9.17, 15) is 4.79 Å². The fourth-order valence-corrected chi connectivity index (χ4v) is 2.26. The van der Waals surface area contributed by atoms with Crippen molar-refractivity contribution >= 4 is 17.4 Å². The molecule has 5 radical (unpaired) electrons. The Bertz CT molecular complexity index is 450. The average molecular weight is 246 g/mol. The topological polar surface area (TPSA) is 26.3 Å². The molecule has 0 bridgehead atoms. The van der Waals surface area contributed by atoms with E-state index < -0.39 is 0 Å². The molecule has 1 atom stereocenters. The molecule has 85 valence electrons. The van der Waals surface area contributed by atoms with Crippen LogP contribution in [0.5, 0.6) is 5.75 Å². The van der Waals surface area contributed by atoms with Gasteiger partial charge in [0.15, 0.2) is 5.78 Å². The van der Waals surface area contributed by atoms with Gasteiger partial charge in [0.1, 0.15) is 11.9 Å². The van der Waals surface area contributed by atoms with Crippen LogP contribution in [-0.4, -0.2) is 11.9 Å². The average Bonchev–Trinajstić information content (AvgIpc) is 2.83. The van der Waals surface area contributed by atoms with Crippen molar-refractivity contribution < 1.29 is 9.53 Å². The number of carbonyl (C=O) groups is 1. The van der Waals surface area contributed by atoms with Gasteiger partial charge in [0.05, 0.1) is 5.56 Å². The summed E-state index contributed by atoms with van der Waals surface area (Å²) in [6, 6.07) is 5.16. The molecule has 17 heavy (non-hydrogen) atoms. The molecule has 1 aliphatic heterocycles. The maximum Gasteiger partial charge on any atom is 0.170 e. The Morgan fingerprint density at radius 3 is 2.76 bits per heavy atom. The van der Waals surface area contributed by atoms with E-state index in [2.05, 4.69) is 0 Å². The van der Waals surface area contributed by atoms with Gasteiger partial charge < -0.3 is 4.74 Å². The minimum Gasteiger partial charge on any atom is -0.489 e. The first kappa shape index (κ1) is 11.1. The maximum atomic E-state index is 12.0. The molecule has 0 saturated heterocycles. The molecule has 2 nitrogen and oxygen atoms in total. The lowest BCUT2D eigenvalue weighted by molar-refractivity contribution is 0.0872. The van der Waals surface area contributed by atoms with E-state index in [0.717, 1.165) is 5.92 Å². The SMILES string of the molecule is O=C1CC([C]2[CH][CH][CH][CH]2)Oc2ccc(Cl)cc21. The molecule has 1 unspecified atom stereocenters. The molecule has 3 heteroatoms. The summed E-state index contributed by atoms with van der Waals surface area (Å²) >= 11 is 5.87. The molecule has 0 spiro atoms. The van der Waals surface area contributed by atoms with Gasteiger partial charge in [-0.15, -0.1) is 0 Å². The smallest absolute Gasteiger partial charge is 0.170 e. The molecule has 1 fully saturated rings. The van der Waals surface area contributed by atoms with Crippen LogP contribution in [0.1, 0.15) is 16.8 Å². The van der Waals surface area contributed by atoms with E-state index in [1.807, 2.05) is 25.7 Å². The Morgan fingerprint density at radius 1 is 1.24 bits per heavy atom. The quantitative estimate of drug-likeness (QED) is 0.760. The van der Waals surface area contributed by atoms with Crippen LogP contribution in [0, 0.1) is 31.6 Å². The van der Waals surface area contributed by atoms with Gasteiger partial charge >= 0.3 is 0 Å². The normalized spacial score (nSPS) is 24.5. The molecule has 0 aromatic heterocycles. The van der Waals surface area contributed by atoms with E-state index in [1.165, 1.54) is 0 Å². The van der Waals surface area contributed by atoms with Gasteiger partial charge in [-0.3, -0.25) is 4.79 Å². The van der Waals surface area contributed by atoms with Gasteiger partial charge in [-0.25, -0.2) is 0 Å². The van der Waals surface area contributed by atoms with Crippen LogP contribution >= 0.6 is 11.6 Å². The molecule has 1 heterocycles. The van der Waals surface area contributed by atoms with Crippen molar-refractivity contribution in [2.45, 2.75) is 12.5 Å². The lowest BCUT2D eigenvalue weighted by atomic mass is 9.91. The zero-order valence-electron chi connectivity index (χ0n) is 9.02. The second kappa shape index (κ2) is 4.34. The molecule has 1 aromatic rings. The first-order valence-corrected chi connectivity index (χ1v) is 5.83. The maximum absolute atomic E-state index is 12.0. The Hall–Kier alpha value is -1.02. The van der Waals surface area contributed by atoms with Crippen LogP contribution in [0.3, 0.4) is 0 Å². The zero-order valence-corrected chi connectivity index (χ0v) is 9.78. The predicted octanol–water partition coefficient (Wildman–Crippen LogP) is 3.08. The largest absolute Gasteiger partial charge is 0.489 e. The van der Waals surface area contributed by atoms with Crippen molar-refractivity contribution in [2.75, 3.05) is 0 Å². The molecule has 1 saturated carbocycles. The summed E-state index contributed by atoms with van der Waals surface area (Å²) in [5.74, 6) is 1.75. The summed E-state index contributed by atoms with van der Waals surface area (Å²) in [4.78, 5) is 12.0. The monoisotopic (exact) mass is 245 g/mol. The van der Waals surface area contributed by atoms with Gasteiger partial charge in [0.2, 0.25) is 0 Å². The lowest BCUT2D eigenvalue weighted by Crippen LogP contribution is -2.31. The highest BCUT2D eigenvalue weighted by Crippen LogP contribution is 2.37. The lowest BCUT2D eigenvalue weighted by Gasteiger charge is -2.28. The predicted molar refractivity (Wildman–Crippen MR) is 65.3 cm³/mol. The van der Waals surface area contributed by atoms with Crippen molar-refractivity contribution in [3.8, 4) is 5.75 Å². The van der Waals surface area contributed by atoms with Crippen LogP contribution in [0.15, 0.2) is 18.2 Å². The van der Waals surface area contributed by atoms with Gasteiger partial charge in [-0.05, 0) is 43.9 Å². The number of ether oxygens (including phenoxy) is 1. The van der Waals surface area contributed by atoms with Crippen molar-refractivity contribution in [1.29, 1.82) is 0 Å². The highest BCUT2D eigenvalue weighted by Gasteiger charge is 2.34. The highest BCUT2D eigenvalue weighted by atomic mass is 35.5. The first-order chi connectivity index (χ1) is 8.24. The molecule has 1 aliphatic carbocycles. The number of rotatable bonds is 1. The molecule has 2 aliphatic rings. The molecule has 1 aromatic carbocycles. The van der Waals surface area contributed by atoms with Crippen LogP contribution in [0.25, 0.3) is 0 Å². The molecule has 0 amide bonds. The van der Waals surface area contributed by atoms with E-state index in [0.29, 0.717) is 22.8 Å². The second-order valence-corrected chi connectivity index (χ2v) is 4.53. The fourth-order valence-electron chi connectivity index (χ4n) is 2.09. The Morgan fingerprint density at radius 2 is 2.00 bits per heavy atom. The van der Waals surface area contributed by atoms with Crippen molar-refractivity contribution in [2.24, 2.45) is 0 Å². The molecular weight excluding hydrogens is 236 g/mol. The summed E-state index contributed by atoms with van der Waals surface area (Å²) in [6.45, 7) is 0. The molecular formula is C14H10ClO2. The molecule has 3 rings (SSSR count). The summed E-state index contributed by atoms with van der Waals surface area (Å²) < 4.78 is 5.82. The third-order valence-corrected chi connectivity index (χ3v) is 3.18.